The van der Waals surface area contributed by atoms with E-state index in [1.165, 1.54) is 23.5 Å². The number of aromatic nitrogens is 2. The Hall–Kier alpha value is -3.39. The zero-order valence-corrected chi connectivity index (χ0v) is 15.5. The summed E-state index contributed by atoms with van der Waals surface area (Å²) < 4.78 is 25.6. The lowest BCUT2D eigenvalue weighted by Crippen LogP contribution is -2.10. The molecular formula is C20H14FN3O3S. The zero-order valence-electron chi connectivity index (χ0n) is 14.7. The van der Waals surface area contributed by atoms with Crippen LogP contribution >= 0.6 is 11.3 Å². The number of nitrogens with zero attached hydrogens (tertiary/aromatic N) is 2. The molecule has 0 saturated heterocycles. The lowest BCUT2D eigenvalue weighted by Gasteiger charge is -2.05. The Morgan fingerprint density at radius 2 is 1.93 bits per heavy atom. The third-order valence-electron chi connectivity index (χ3n) is 4.47. The van der Waals surface area contributed by atoms with Crippen LogP contribution in [0.3, 0.4) is 0 Å². The summed E-state index contributed by atoms with van der Waals surface area (Å²) >= 11 is 1.34. The standard InChI is InChI=1S/C20H14FN3O3S/c1-11-15-9-18(19(25)22-13-4-7-16-17(8-13)27-10-26-16)28-20(15)24(23-11)14-5-2-12(21)3-6-14/h2-9H,10H2,1H3,(H,22,25). The second kappa shape index (κ2) is 6.35. The van der Waals surface area contributed by atoms with Gasteiger partial charge in [-0.15, -0.1) is 11.3 Å². The molecule has 0 atom stereocenters. The van der Waals surface area contributed by atoms with Crippen LogP contribution < -0.4 is 14.8 Å². The second-order valence-corrected chi connectivity index (χ2v) is 7.36. The van der Waals surface area contributed by atoms with Crippen molar-refractivity contribution in [2.24, 2.45) is 0 Å². The van der Waals surface area contributed by atoms with E-state index in [0.717, 1.165) is 21.6 Å². The van der Waals surface area contributed by atoms with Crippen LogP contribution in [-0.2, 0) is 0 Å². The van der Waals surface area contributed by atoms with Gasteiger partial charge in [-0.25, -0.2) is 9.07 Å². The third kappa shape index (κ3) is 2.78. The molecule has 1 aliphatic rings. The first-order valence-electron chi connectivity index (χ1n) is 8.54. The molecule has 1 N–H and O–H groups in total. The number of hydrogen-bond donors (Lipinski definition) is 1. The van der Waals surface area contributed by atoms with Crippen LogP contribution in [-0.4, -0.2) is 22.5 Å². The number of thiophene rings is 1. The highest BCUT2D eigenvalue weighted by molar-refractivity contribution is 7.20. The Balaban J connectivity index is 1.47. The first-order valence-corrected chi connectivity index (χ1v) is 9.36. The molecule has 28 heavy (non-hydrogen) atoms. The molecule has 1 aliphatic heterocycles. The number of nitrogens with one attached hydrogen (secondary N) is 1. The summed E-state index contributed by atoms with van der Waals surface area (Å²) in [4.78, 5) is 14.1. The Kier molecular flexibility index (Phi) is 3.80. The van der Waals surface area contributed by atoms with E-state index >= 15 is 0 Å². The topological polar surface area (TPSA) is 65.4 Å². The van der Waals surface area contributed by atoms with Crippen molar-refractivity contribution in [3.05, 3.63) is 64.9 Å². The predicted molar refractivity (Wildman–Crippen MR) is 104 cm³/mol. The molecule has 3 heterocycles. The summed E-state index contributed by atoms with van der Waals surface area (Å²) in [5, 5.41) is 8.29. The molecule has 1 amide bonds. The van der Waals surface area contributed by atoms with Crippen molar-refractivity contribution < 1.29 is 18.7 Å². The van der Waals surface area contributed by atoms with Crippen molar-refractivity contribution in [1.29, 1.82) is 0 Å². The molecule has 0 bridgehead atoms. The molecule has 0 fully saturated rings. The molecular weight excluding hydrogens is 381 g/mol. The molecule has 2 aromatic heterocycles. The zero-order chi connectivity index (χ0) is 19.3. The van der Waals surface area contributed by atoms with E-state index in [4.69, 9.17) is 9.47 Å². The maximum absolute atomic E-state index is 13.2. The Morgan fingerprint density at radius 1 is 1.14 bits per heavy atom. The number of halogens is 1. The van der Waals surface area contributed by atoms with Gasteiger partial charge < -0.3 is 14.8 Å². The molecule has 0 spiro atoms. The van der Waals surface area contributed by atoms with Crippen molar-refractivity contribution in [2.45, 2.75) is 6.92 Å². The Bertz CT molecular complexity index is 1210. The van der Waals surface area contributed by atoms with Crippen LogP contribution in [0.1, 0.15) is 15.4 Å². The average molecular weight is 395 g/mol. The Labute approximate surface area is 163 Å². The summed E-state index contributed by atoms with van der Waals surface area (Å²) in [5.74, 6) is 0.746. The minimum atomic E-state index is -0.307. The van der Waals surface area contributed by atoms with E-state index in [9.17, 15) is 9.18 Å². The first-order chi connectivity index (χ1) is 13.6. The fourth-order valence-corrected chi connectivity index (χ4v) is 4.16. The van der Waals surface area contributed by atoms with E-state index in [1.54, 1.807) is 35.0 Å². The molecule has 0 unspecified atom stereocenters. The lowest BCUT2D eigenvalue weighted by atomic mass is 10.2. The SMILES string of the molecule is Cc1nn(-c2ccc(F)cc2)c2sc(C(=O)Nc3ccc4c(c3)OCO4)cc12. The summed E-state index contributed by atoms with van der Waals surface area (Å²) in [6, 6.07) is 13.2. The van der Waals surface area contributed by atoms with Crippen LogP contribution in [0, 0.1) is 12.7 Å². The van der Waals surface area contributed by atoms with Crippen molar-refractivity contribution in [2.75, 3.05) is 12.1 Å². The molecule has 140 valence electrons. The van der Waals surface area contributed by atoms with Crippen LogP contribution in [0.15, 0.2) is 48.5 Å². The smallest absolute Gasteiger partial charge is 0.265 e. The summed E-state index contributed by atoms with van der Waals surface area (Å²) in [6.07, 6.45) is 0. The van der Waals surface area contributed by atoms with E-state index < -0.39 is 0 Å². The van der Waals surface area contributed by atoms with E-state index in [0.29, 0.717) is 22.1 Å². The quantitative estimate of drug-likeness (QED) is 0.554. The van der Waals surface area contributed by atoms with Gasteiger partial charge in [-0.2, -0.15) is 5.10 Å². The highest BCUT2D eigenvalue weighted by Crippen LogP contribution is 2.35. The fraction of sp³-hybridized carbons (Fsp3) is 0.100. The van der Waals surface area contributed by atoms with Gasteiger partial charge in [-0.05, 0) is 49.4 Å². The van der Waals surface area contributed by atoms with Crippen molar-refractivity contribution >= 4 is 33.1 Å². The van der Waals surface area contributed by atoms with E-state index in [-0.39, 0.29) is 18.5 Å². The van der Waals surface area contributed by atoms with Gasteiger partial charge in [-0.3, -0.25) is 4.79 Å². The minimum absolute atomic E-state index is 0.183. The molecule has 2 aromatic carbocycles. The van der Waals surface area contributed by atoms with Gasteiger partial charge in [0.1, 0.15) is 10.6 Å². The lowest BCUT2D eigenvalue weighted by molar-refractivity contribution is 0.103. The molecule has 0 radical (unpaired) electrons. The number of aryl methyl sites for hydroxylation is 1. The highest BCUT2D eigenvalue weighted by atomic mass is 32.1. The number of fused-ring (bicyclic) bond motifs is 2. The Morgan fingerprint density at radius 3 is 2.75 bits per heavy atom. The molecule has 6 nitrogen and oxygen atoms in total. The van der Waals surface area contributed by atoms with Gasteiger partial charge in [0.05, 0.1) is 16.3 Å². The fourth-order valence-electron chi connectivity index (χ4n) is 3.08. The number of anilines is 1. The van der Waals surface area contributed by atoms with Gasteiger partial charge >= 0.3 is 0 Å². The van der Waals surface area contributed by atoms with Gasteiger partial charge in [0, 0.05) is 17.1 Å². The van der Waals surface area contributed by atoms with Gasteiger partial charge in [0.15, 0.2) is 11.5 Å². The largest absolute Gasteiger partial charge is 0.454 e. The normalized spacial score (nSPS) is 12.5. The minimum Gasteiger partial charge on any atom is -0.454 e. The van der Waals surface area contributed by atoms with E-state index in [1.807, 2.05) is 13.0 Å². The van der Waals surface area contributed by atoms with Crippen LogP contribution in [0.25, 0.3) is 15.9 Å². The highest BCUT2D eigenvalue weighted by Gasteiger charge is 2.19. The molecule has 4 aromatic rings. The third-order valence-corrected chi connectivity index (χ3v) is 5.58. The number of benzene rings is 2. The van der Waals surface area contributed by atoms with Gasteiger partial charge in [0.2, 0.25) is 6.79 Å². The number of hydrogen-bond acceptors (Lipinski definition) is 5. The number of ether oxygens (including phenoxy) is 2. The van der Waals surface area contributed by atoms with Crippen molar-refractivity contribution in [3.8, 4) is 17.2 Å². The summed E-state index contributed by atoms with van der Waals surface area (Å²) in [7, 11) is 0. The number of amides is 1. The molecule has 0 aliphatic carbocycles. The van der Waals surface area contributed by atoms with Crippen LogP contribution in [0.2, 0.25) is 0 Å². The molecule has 5 rings (SSSR count). The first kappa shape index (κ1) is 16.8. The monoisotopic (exact) mass is 395 g/mol. The molecule has 8 heteroatoms. The van der Waals surface area contributed by atoms with Gasteiger partial charge in [0.25, 0.3) is 5.91 Å². The van der Waals surface area contributed by atoms with Crippen LogP contribution in [0.4, 0.5) is 10.1 Å². The van der Waals surface area contributed by atoms with Crippen molar-refractivity contribution in [3.63, 3.8) is 0 Å². The van der Waals surface area contributed by atoms with E-state index in [2.05, 4.69) is 10.4 Å². The molecule has 0 saturated carbocycles. The summed E-state index contributed by atoms with van der Waals surface area (Å²) in [5.41, 5.74) is 2.17. The van der Waals surface area contributed by atoms with Crippen LogP contribution in [0.5, 0.6) is 11.5 Å². The number of carbonyl (C=O) groups excluding carboxylic acids is 1. The van der Waals surface area contributed by atoms with Gasteiger partial charge in [-0.1, -0.05) is 0 Å². The summed E-state index contributed by atoms with van der Waals surface area (Å²) in [6.45, 7) is 2.07. The van der Waals surface area contributed by atoms with Crippen molar-refractivity contribution in [1.82, 2.24) is 9.78 Å². The maximum atomic E-state index is 13.2. The number of carbonyl (C=O) groups is 1. The number of rotatable bonds is 3. The average Bonchev–Trinajstić information content (AvgIpc) is 3.39. The maximum Gasteiger partial charge on any atom is 0.265 e. The second-order valence-electron chi connectivity index (χ2n) is 6.33. The predicted octanol–water partition coefficient (Wildman–Crippen LogP) is 4.52.